The second kappa shape index (κ2) is 3.18. The second-order valence-electron chi connectivity index (χ2n) is 2.50. The first-order valence-electron chi connectivity index (χ1n) is 2.77. The molecule has 0 radical (unpaired) electrons. The van der Waals surface area contributed by atoms with Crippen molar-refractivity contribution in [2.75, 3.05) is 13.2 Å². The van der Waals surface area contributed by atoms with Crippen molar-refractivity contribution in [3.8, 4) is 0 Å². The molecule has 10 heavy (non-hydrogen) atoms. The number of primary amides is 1. The smallest absolute Gasteiger partial charge is 0.219 e. The van der Waals surface area contributed by atoms with Crippen molar-refractivity contribution in [2.45, 2.75) is 12.0 Å². The second-order valence-corrected chi connectivity index (χ2v) is 2.50. The average molecular weight is 167 g/mol. The molecule has 1 fully saturated rings. The van der Waals surface area contributed by atoms with Crippen molar-refractivity contribution >= 4 is 18.3 Å². The van der Waals surface area contributed by atoms with E-state index in [0.717, 1.165) is 0 Å². The van der Waals surface area contributed by atoms with E-state index in [1.165, 1.54) is 0 Å². The van der Waals surface area contributed by atoms with Gasteiger partial charge in [-0.05, 0) is 0 Å². The Morgan fingerprint density at radius 3 is 2.20 bits per heavy atom. The van der Waals surface area contributed by atoms with E-state index < -0.39 is 5.54 Å². The Bertz CT molecular complexity index is 136. The molecule has 4 nitrogen and oxygen atoms in total. The van der Waals surface area contributed by atoms with Crippen molar-refractivity contribution in [1.82, 2.24) is 0 Å². The van der Waals surface area contributed by atoms with Gasteiger partial charge in [-0.25, -0.2) is 0 Å². The van der Waals surface area contributed by atoms with E-state index in [2.05, 4.69) is 0 Å². The molecule has 0 unspecified atom stereocenters. The lowest BCUT2D eigenvalue weighted by Crippen LogP contribution is -2.59. The van der Waals surface area contributed by atoms with Crippen molar-refractivity contribution in [2.24, 2.45) is 11.5 Å². The molecule has 0 aromatic carbocycles. The first kappa shape index (κ1) is 9.68. The quantitative estimate of drug-likeness (QED) is 0.553. The fourth-order valence-corrected chi connectivity index (χ4v) is 0.813. The van der Waals surface area contributed by atoms with E-state index in [4.69, 9.17) is 16.2 Å². The fourth-order valence-electron chi connectivity index (χ4n) is 0.813. The molecule has 4 N–H and O–H groups in total. The van der Waals surface area contributed by atoms with Crippen molar-refractivity contribution in [3.05, 3.63) is 0 Å². The molecule has 1 rings (SSSR count). The van der Waals surface area contributed by atoms with Crippen LogP contribution in [0.25, 0.3) is 0 Å². The molecule has 0 saturated carbocycles. The summed E-state index contributed by atoms with van der Waals surface area (Å²) in [6, 6.07) is 0. The van der Waals surface area contributed by atoms with Gasteiger partial charge in [-0.2, -0.15) is 0 Å². The highest BCUT2D eigenvalue weighted by atomic mass is 35.5. The van der Waals surface area contributed by atoms with Crippen LogP contribution in [0.15, 0.2) is 0 Å². The first-order chi connectivity index (χ1) is 4.12. The Kier molecular flexibility index (Phi) is 3.08. The number of hydrogen-bond acceptors (Lipinski definition) is 3. The largest absolute Gasteiger partial charge is 0.377 e. The number of nitrogens with two attached hydrogens (primary N) is 2. The highest BCUT2D eigenvalue weighted by Crippen LogP contribution is 2.16. The predicted molar refractivity (Wildman–Crippen MR) is 38.8 cm³/mol. The molecule has 0 bridgehead atoms. The van der Waals surface area contributed by atoms with Crippen molar-refractivity contribution in [1.29, 1.82) is 0 Å². The van der Waals surface area contributed by atoms with Gasteiger partial charge in [-0.15, -0.1) is 12.4 Å². The lowest BCUT2D eigenvalue weighted by atomic mass is 9.94. The number of carbonyl (C=O) groups is 1. The van der Waals surface area contributed by atoms with Crippen LogP contribution in [0.4, 0.5) is 0 Å². The van der Waals surface area contributed by atoms with E-state index in [9.17, 15) is 4.79 Å². The minimum Gasteiger partial charge on any atom is -0.377 e. The monoisotopic (exact) mass is 166 g/mol. The number of halogens is 1. The van der Waals surface area contributed by atoms with Crippen molar-refractivity contribution in [3.63, 3.8) is 0 Å². The summed E-state index contributed by atoms with van der Waals surface area (Å²) < 4.78 is 4.81. The number of ether oxygens (including phenoxy) is 1. The summed E-state index contributed by atoms with van der Waals surface area (Å²) >= 11 is 0. The zero-order valence-electron chi connectivity index (χ0n) is 5.50. The molecule has 1 amide bonds. The number of carbonyl (C=O) groups excluding carboxylic acids is 1. The highest BCUT2D eigenvalue weighted by molar-refractivity contribution is 5.85. The molecule has 60 valence electrons. The van der Waals surface area contributed by atoms with Gasteiger partial charge in [0.15, 0.2) is 0 Å². The van der Waals surface area contributed by atoms with Gasteiger partial charge in [0, 0.05) is 6.42 Å². The van der Waals surface area contributed by atoms with E-state index in [-0.39, 0.29) is 24.7 Å². The van der Waals surface area contributed by atoms with Crippen LogP contribution >= 0.6 is 12.4 Å². The maximum atomic E-state index is 10.3. The molecule has 1 heterocycles. The summed E-state index contributed by atoms with van der Waals surface area (Å²) in [6.45, 7) is 0.909. The molecule has 0 aromatic heterocycles. The number of hydrogen-bond donors (Lipinski definition) is 2. The zero-order valence-corrected chi connectivity index (χ0v) is 6.32. The van der Waals surface area contributed by atoms with Crippen LogP contribution in [-0.2, 0) is 9.53 Å². The van der Waals surface area contributed by atoms with Gasteiger partial charge in [0.25, 0.3) is 0 Å². The zero-order chi connectivity index (χ0) is 6.91. The van der Waals surface area contributed by atoms with Crippen LogP contribution in [-0.4, -0.2) is 24.7 Å². The number of rotatable bonds is 2. The van der Waals surface area contributed by atoms with Gasteiger partial charge in [0.2, 0.25) is 5.91 Å². The SMILES string of the molecule is Cl.NC(=O)CC1(N)COC1. The van der Waals surface area contributed by atoms with Crippen LogP contribution in [0.1, 0.15) is 6.42 Å². The third kappa shape index (κ3) is 2.13. The lowest BCUT2D eigenvalue weighted by Gasteiger charge is -2.36. The molecular formula is C5H11ClN2O2. The fraction of sp³-hybridized carbons (Fsp3) is 0.800. The summed E-state index contributed by atoms with van der Waals surface area (Å²) in [6.07, 6.45) is 0.229. The molecule has 1 aliphatic rings. The summed E-state index contributed by atoms with van der Waals surface area (Å²) in [5, 5.41) is 0. The predicted octanol–water partition coefficient (Wildman–Crippen LogP) is -0.989. The van der Waals surface area contributed by atoms with Gasteiger partial charge < -0.3 is 16.2 Å². The van der Waals surface area contributed by atoms with Crippen LogP contribution in [0.5, 0.6) is 0 Å². The first-order valence-corrected chi connectivity index (χ1v) is 2.77. The van der Waals surface area contributed by atoms with Gasteiger partial charge in [-0.1, -0.05) is 0 Å². The summed E-state index contributed by atoms with van der Waals surface area (Å²) in [5.74, 6) is -0.360. The minimum absolute atomic E-state index is 0. The lowest BCUT2D eigenvalue weighted by molar-refractivity contribution is -0.125. The average Bonchev–Trinajstić information content (AvgIpc) is 1.60. The topological polar surface area (TPSA) is 78.3 Å². The maximum absolute atomic E-state index is 10.3. The van der Waals surface area contributed by atoms with Crippen LogP contribution in [0, 0.1) is 0 Å². The summed E-state index contributed by atoms with van der Waals surface area (Å²) in [5.41, 5.74) is 10.0. The number of amides is 1. The van der Waals surface area contributed by atoms with Crippen molar-refractivity contribution < 1.29 is 9.53 Å². The van der Waals surface area contributed by atoms with E-state index in [1.54, 1.807) is 0 Å². The Morgan fingerprint density at radius 1 is 1.60 bits per heavy atom. The highest BCUT2D eigenvalue weighted by Gasteiger charge is 2.35. The van der Waals surface area contributed by atoms with Crippen LogP contribution in [0.2, 0.25) is 0 Å². The van der Waals surface area contributed by atoms with E-state index in [0.29, 0.717) is 13.2 Å². The molecule has 1 aliphatic heterocycles. The molecule has 0 aromatic rings. The van der Waals surface area contributed by atoms with Gasteiger partial charge >= 0.3 is 0 Å². The Hall–Kier alpha value is -0.320. The van der Waals surface area contributed by atoms with Gasteiger partial charge in [0.05, 0.1) is 18.8 Å². The molecule has 0 aliphatic carbocycles. The standard InChI is InChI=1S/C5H10N2O2.ClH/c6-4(8)1-5(7)2-9-3-5;/h1-3,7H2,(H2,6,8);1H. The normalized spacial score (nSPS) is 20.5. The van der Waals surface area contributed by atoms with Gasteiger partial charge in [-0.3, -0.25) is 4.79 Å². The Labute approximate surface area is 65.3 Å². The summed E-state index contributed by atoms with van der Waals surface area (Å²) in [7, 11) is 0. The van der Waals surface area contributed by atoms with Crippen LogP contribution in [0.3, 0.4) is 0 Å². The molecule has 0 atom stereocenters. The summed E-state index contributed by atoms with van der Waals surface area (Å²) in [4.78, 5) is 10.3. The third-order valence-corrected chi connectivity index (χ3v) is 1.31. The minimum atomic E-state index is -0.453. The van der Waals surface area contributed by atoms with E-state index in [1.807, 2.05) is 0 Å². The van der Waals surface area contributed by atoms with E-state index >= 15 is 0 Å². The molecule has 1 saturated heterocycles. The van der Waals surface area contributed by atoms with Crippen LogP contribution < -0.4 is 11.5 Å². The Morgan fingerprint density at radius 2 is 2.10 bits per heavy atom. The van der Waals surface area contributed by atoms with Gasteiger partial charge in [0.1, 0.15) is 0 Å². The third-order valence-electron chi connectivity index (χ3n) is 1.31. The molecular weight excluding hydrogens is 156 g/mol. The maximum Gasteiger partial charge on any atom is 0.219 e. The molecule has 0 spiro atoms. The Balaban J connectivity index is 0.000000810. The molecule has 5 heteroatoms.